The molecular formula is C19H20O5. The van der Waals surface area contributed by atoms with E-state index in [0.717, 1.165) is 11.1 Å². The third-order valence-electron chi connectivity index (χ3n) is 3.76. The summed E-state index contributed by atoms with van der Waals surface area (Å²) in [5.74, 6) is 0.795. The molecule has 126 valence electrons. The van der Waals surface area contributed by atoms with Gasteiger partial charge in [0.1, 0.15) is 17.2 Å². The molecule has 1 fully saturated rings. The molecule has 0 saturated carbocycles. The second-order valence-corrected chi connectivity index (χ2v) is 5.78. The molecule has 5 nitrogen and oxygen atoms in total. The van der Waals surface area contributed by atoms with Crippen molar-refractivity contribution in [3.8, 4) is 17.2 Å². The van der Waals surface area contributed by atoms with Crippen molar-refractivity contribution in [1.29, 1.82) is 0 Å². The molecule has 1 aliphatic heterocycles. The summed E-state index contributed by atoms with van der Waals surface area (Å²) in [5.41, 5.74) is 1.70. The maximum absolute atomic E-state index is 9.87. The third-order valence-corrected chi connectivity index (χ3v) is 3.76. The Morgan fingerprint density at radius 3 is 2.46 bits per heavy atom. The van der Waals surface area contributed by atoms with E-state index < -0.39 is 12.4 Å². The van der Waals surface area contributed by atoms with Crippen LogP contribution in [0.4, 0.5) is 0 Å². The molecule has 0 radical (unpaired) electrons. The lowest BCUT2D eigenvalue weighted by Crippen LogP contribution is -2.32. The standard InChI is InChI=1S/C19H20O5/c20-15-5-3-13(4-6-15)1-2-14-9-17(22)11-18(10-14)24-19-12-16(21)7-8-23-19/h1-6,9-11,16,19-22H,7-8,12H2/b2-1+/t16-,19-/m0/s1. The summed E-state index contributed by atoms with van der Waals surface area (Å²) in [6.07, 6.45) is 3.81. The van der Waals surface area contributed by atoms with Crippen LogP contribution in [-0.4, -0.2) is 34.3 Å². The topological polar surface area (TPSA) is 79.2 Å². The number of hydrogen-bond donors (Lipinski definition) is 3. The monoisotopic (exact) mass is 328 g/mol. The molecule has 1 heterocycles. The van der Waals surface area contributed by atoms with Gasteiger partial charge in [-0.3, -0.25) is 0 Å². The van der Waals surface area contributed by atoms with Gasteiger partial charge in [0.2, 0.25) is 6.29 Å². The molecule has 2 atom stereocenters. The van der Waals surface area contributed by atoms with Gasteiger partial charge in [-0.25, -0.2) is 0 Å². The van der Waals surface area contributed by atoms with Crippen LogP contribution in [0.15, 0.2) is 42.5 Å². The van der Waals surface area contributed by atoms with Gasteiger partial charge in [-0.15, -0.1) is 0 Å². The van der Waals surface area contributed by atoms with Gasteiger partial charge >= 0.3 is 0 Å². The Labute approximate surface area is 140 Å². The van der Waals surface area contributed by atoms with Gasteiger partial charge in [0.25, 0.3) is 0 Å². The number of ether oxygens (including phenoxy) is 2. The Hall–Kier alpha value is -2.50. The van der Waals surface area contributed by atoms with Crippen LogP contribution in [0, 0.1) is 0 Å². The molecule has 2 aromatic rings. The number of benzene rings is 2. The first-order chi connectivity index (χ1) is 11.6. The lowest BCUT2D eigenvalue weighted by Gasteiger charge is -2.27. The normalized spacial score (nSPS) is 21.0. The zero-order chi connectivity index (χ0) is 16.9. The molecule has 1 saturated heterocycles. The van der Waals surface area contributed by atoms with Gasteiger partial charge in [0, 0.05) is 12.5 Å². The van der Waals surface area contributed by atoms with Crippen LogP contribution in [0.25, 0.3) is 12.2 Å². The molecule has 0 unspecified atom stereocenters. The number of aromatic hydroxyl groups is 2. The van der Waals surface area contributed by atoms with E-state index in [9.17, 15) is 15.3 Å². The summed E-state index contributed by atoms with van der Waals surface area (Å²) < 4.78 is 11.2. The van der Waals surface area contributed by atoms with Crippen LogP contribution in [0.3, 0.4) is 0 Å². The quantitative estimate of drug-likeness (QED) is 0.752. The van der Waals surface area contributed by atoms with E-state index in [4.69, 9.17) is 9.47 Å². The van der Waals surface area contributed by atoms with Crippen molar-refractivity contribution in [3.63, 3.8) is 0 Å². The van der Waals surface area contributed by atoms with E-state index in [1.807, 2.05) is 12.2 Å². The lowest BCUT2D eigenvalue weighted by atomic mass is 10.1. The van der Waals surface area contributed by atoms with Gasteiger partial charge in [0.15, 0.2) is 0 Å². The third kappa shape index (κ3) is 4.50. The summed E-state index contributed by atoms with van der Waals surface area (Å²) in [6.45, 7) is 0.457. The smallest absolute Gasteiger partial charge is 0.202 e. The fraction of sp³-hybridized carbons (Fsp3) is 0.263. The number of phenolic OH excluding ortho intramolecular Hbond substituents is 2. The first-order valence-electron chi connectivity index (χ1n) is 7.86. The zero-order valence-electron chi connectivity index (χ0n) is 13.1. The van der Waals surface area contributed by atoms with Crippen molar-refractivity contribution in [2.45, 2.75) is 25.2 Å². The highest BCUT2D eigenvalue weighted by Gasteiger charge is 2.22. The summed E-state index contributed by atoms with van der Waals surface area (Å²) in [6, 6.07) is 11.8. The van der Waals surface area contributed by atoms with Crippen molar-refractivity contribution in [2.75, 3.05) is 6.61 Å². The fourth-order valence-electron chi connectivity index (χ4n) is 2.53. The molecule has 0 aliphatic carbocycles. The van der Waals surface area contributed by atoms with Crippen LogP contribution in [0.2, 0.25) is 0 Å². The number of hydrogen-bond acceptors (Lipinski definition) is 5. The average Bonchev–Trinajstić information content (AvgIpc) is 2.54. The number of aliphatic hydroxyl groups is 1. The minimum absolute atomic E-state index is 0.0919. The van der Waals surface area contributed by atoms with E-state index in [1.165, 1.54) is 6.07 Å². The van der Waals surface area contributed by atoms with E-state index in [-0.39, 0.29) is 11.5 Å². The van der Waals surface area contributed by atoms with Gasteiger partial charge in [-0.05, 0) is 41.8 Å². The van der Waals surface area contributed by atoms with Crippen LogP contribution in [0.5, 0.6) is 17.2 Å². The average molecular weight is 328 g/mol. The maximum atomic E-state index is 9.87. The number of aliphatic hydroxyl groups excluding tert-OH is 1. The molecular weight excluding hydrogens is 308 g/mol. The Morgan fingerprint density at radius 1 is 0.958 bits per heavy atom. The highest BCUT2D eigenvalue weighted by Crippen LogP contribution is 2.26. The predicted molar refractivity (Wildman–Crippen MR) is 90.8 cm³/mol. The van der Waals surface area contributed by atoms with E-state index in [1.54, 1.807) is 36.4 Å². The highest BCUT2D eigenvalue weighted by molar-refractivity contribution is 5.71. The highest BCUT2D eigenvalue weighted by atomic mass is 16.7. The zero-order valence-corrected chi connectivity index (χ0v) is 13.1. The second kappa shape index (κ2) is 7.38. The summed E-state index contributed by atoms with van der Waals surface area (Å²) >= 11 is 0. The first kappa shape index (κ1) is 16.4. The van der Waals surface area contributed by atoms with Crippen LogP contribution in [-0.2, 0) is 4.74 Å². The minimum Gasteiger partial charge on any atom is -0.508 e. The molecule has 2 aromatic carbocycles. The molecule has 0 spiro atoms. The molecule has 3 N–H and O–H groups in total. The van der Waals surface area contributed by atoms with Gasteiger partial charge in [0.05, 0.1) is 12.7 Å². The number of phenols is 2. The van der Waals surface area contributed by atoms with E-state index in [0.29, 0.717) is 25.2 Å². The SMILES string of the molecule is Oc1ccc(/C=C/c2cc(O)cc(O[C@H]3C[C@@H](O)CCO3)c2)cc1. The van der Waals surface area contributed by atoms with Crippen molar-refractivity contribution >= 4 is 12.2 Å². The Kier molecular flexibility index (Phi) is 5.03. The Balaban J connectivity index is 1.72. The van der Waals surface area contributed by atoms with Crippen molar-refractivity contribution < 1.29 is 24.8 Å². The minimum atomic E-state index is -0.510. The molecule has 1 aliphatic rings. The largest absolute Gasteiger partial charge is 0.508 e. The van der Waals surface area contributed by atoms with Gasteiger partial charge in [-0.1, -0.05) is 24.3 Å². The molecule has 5 heteroatoms. The van der Waals surface area contributed by atoms with E-state index >= 15 is 0 Å². The van der Waals surface area contributed by atoms with Crippen molar-refractivity contribution in [3.05, 3.63) is 53.6 Å². The van der Waals surface area contributed by atoms with Crippen LogP contribution >= 0.6 is 0 Å². The van der Waals surface area contributed by atoms with E-state index in [2.05, 4.69) is 0 Å². The Bertz CT molecular complexity index is 708. The van der Waals surface area contributed by atoms with Crippen molar-refractivity contribution in [2.24, 2.45) is 0 Å². The van der Waals surface area contributed by atoms with Gasteiger partial charge < -0.3 is 24.8 Å². The van der Waals surface area contributed by atoms with Crippen LogP contribution in [0.1, 0.15) is 24.0 Å². The summed E-state index contributed by atoms with van der Waals surface area (Å²) in [4.78, 5) is 0. The maximum Gasteiger partial charge on any atom is 0.202 e. The second-order valence-electron chi connectivity index (χ2n) is 5.78. The Morgan fingerprint density at radius 2 is 1.71 bits per heavy atom. The lowest BCUT2D eigenvalue weighted by molar-refractivity contribution is -0.137. The van der Waals surface area contributed by atoms with Crippen LogP contribution < -0.4 is 4.74 Å². The molecule has 0 bridgehead atoms. The molecule has 3 rings (SSSR count). The summed E-state index contributed by atoms with van der Waals surface area (Å²) in [5, 5.41) is 28.8. The predicted octanol–water partition coefficient (Wildman–Crippen LogP) is 3.14. The molecule has 24 heavy (non-hydrogen) atoms. The first-order valence-corrected chi connectivity index (χ1v) is 7.86. The summed E-state index contributed by atoms with van der Waals surface area (Å²) in [7, 11) is 0. The van der Waals surface area contributed by atoms with Crippen molar-refractivity contribution in [1.82, 2.24) is 0 Å². The number of rotatable bonds is 4. The fourth-order valence-corrected chi connectivity index (χ4v) is 2.53. The molecule has 0 amide bonds. The molecule has 0 aromatic heterocycles. The van der Waals surface area contributed by atoms with Gasteiger partial charge in [-0.2, -0.15) is 0 Å².